The van der Waals surface area contributed by atoms with Crippen LogP contribution in [0.2, 0.25) is 0 Å². The molecule has 0 spiro atoms. The molecule has 1 aromatic rings. The first-order valence-corrected chi connectivity index (χ1v) is 8.41. The van der Waals surface area contributed by atoms with E-state index in [1.807, 2.05) is 12.1 Å². The lowest BCUT2D eigenvalue weighted by atomic mass is 9.73. The molecule has 5 heteroatoms. The van der Waals surface area contributed by atoms with Gasteiger partial charge in [-0.15, -0.1) is 0 Å². The molecule has 1 heterocycles. The van der Waals surface area contributed by atoms with E-state index in [0.29, 0.717) is 6.42 Å². The summed E-state index contributed by atoms with van der Waals surface area (Å²) in [6.45, 7) is 1.73. The van der Waals surface area contributed by atoms with E-state index in [4.69, 9.17) is 0 Å². The Kier molecular flexibility index (Phi) is 3.61. The van der Waals surface area contributed by atoms with Crippen LogP contribution in [0.15, 0.2) is 28.7 Å². The lowest BCUT2D eigenvalue weighted by Gasteiger charge is -2.43. The van der Waals surface area contributed by atoms with E-state index in [9.17, 15) is 8.42 Å². The van der Waals surface area contributed by atoms with Crippen molar-refractivity contribution >= 4 is 25.8 Å². The second-order valence-corrected chi connectivity index (χ2v) is 7.95. The summed E-state index contributed by atoms with van der Waals surface area (Å²) in [6.07, 6.45) is 1.99. The van der Waals surface area contributed by atoms with Gasteiger partial charge in [0.15, 0.2) is 0 Å². The van der Waals surface area contributed by atoms with Crippen molar-refractivity contribution in [1.29, 1.82) is 0 Å². The largest absolute Gasteiger partial charge is 0.315 e. The molecule has 0 saturated carbocycles. The predicted molar refractivity (Wildman–Crippen MR) is 73.0 cm³/mol. The number of hydrogen-bond acceptors (Lipinski definition) is 3. The predicted octanol–water partition coefficient (Wildman–Crippen LogP) is 1.72. The molecule has 0 aromatic heterocycles. The molecule has 1 aliphatic rings. The summed E-state index contributed by atoms with van der Waals surface area (Å²) in [4.78, 5) is 0. The van der Waals surface area contributed by atoms with Gasteiger partial charge >= 0.3 is 0 Å². The van der Waals surface area contributed by atoms with E-state index in [1.165, 1.54) is 11.8 Å². The quantitative estimate of drug-likeness (QED) is 0.920. The molecule has 0 aliphatic carbocycles. The van der Waals surface area contributed by atoms with Crippen LogP contribution in [0, 0.1) is 0 Å². The van der Waals surface area contributed by atoms with E-state index in [0.717, 1.165) is 17.6 Å². The highest BCUT2D eigenvalue weighted by molar-refractivity contribution is 9.10. The third kappa shape index (κ3) is 3.09. The Hall–Kier alpha value is -0.390. The zero-order valence-electron chi connectivity index (χ0n) is 9.74. The van der Waals surface area contributed by atoms with Gasteiger partial charge in [-0.1, -0.05) is 28.1 Å². The summed E-state index contributed by atoms with van der Waals surface area (Å²) in [5, 5.41) is 3.24. The highest BCUT2D eigenvalue weighted by Gasteiger charge is 2.38. The minimum Gasteiger partial charge on any atom is -0.315 e. The molecule has 0 unspecified atom stereocenters. The van der Waals surface area contributed by atoms with Crippen molar-refractivity contribution in [1.82, 2.24) is 5.32 Å². The molecule has 17 heavy (non-hydrogen) atoms. The summed E-state index contributed by atoms with van der Waals surface area (Å²) in [5.41, 5.74) is 1.23. The summed E-state index contributed by atoms with van der Waals surface area (Å²) >= 11 is 3.41. The highest BCUT2D eigenvalue weighted by Crippen LogP contribution is 2.33. The molecule has 1 aliphatic heterocycles. The van der Waals surface area contributed by atoms with Crippen LogP contribution in [-0.4, -0.2) is 33.5 Å². The van der Waals surface area contributed by atoms with Crippen molar-refractivity contribution in [3.05, 3.63) is 34.3 Å². The molecule has 94 valence electrons. The Labute approximate surface area is 111 Å². The van der Waals surface area contributed by atoms with Crippen LogP contribution >= 0.6 is 15.9 Å². The second-order valence-electron chi connectivity index (χ2n) is 4.77. The first kappa shape index (κ1) is 13.1. The van der Waals surface area contributed by atoms with Crippen LogP contribution in [-0.2, 0) is 15.3 Å². The Bertz CT molecular complexity index is 492. The third-order valence-electron chi connectivity index (χ3n) is 3.33. The van der Waals surface area contributed by atoms with Crippen molar-refractivity contribution in [2.24, 2.45) is 0 Å². The fraction of sp³-hybridized carbons (Fsp3) is 0.500. The summed E-state index contributed by atoms with van der Waals surface area (Å²) in [5.74, 6) is 0.255. The minimum absolute atomic E-state index is 0.00375. The van der Waals surface area contributed by atoms with Gasteiger partial charge in [0.25, 0.3) is 0 Å². The molecule has 2 rings (SSSR count). The van der Waals surface area contributed by atoms with Gasteiger partial charge in [-0.2, -0.15) is 0 Å². The maximum Gasteiger partial charge on any atom is 0.147 e. The van der Waals surface area contributed by atoms with Gasteiger partial charge in [0.1, 0.15) is 9.84 Å². The van der Waals surface area contributed by atoms with Crippen LogP contribution in [0.25, 0.3) is 0 Å². The van der Waals surface area contributed by atoms with Gasteiger partial charge in [-0.3, -0.25) is 0 Å². The van der Waals surface area contributed by atoms with Gasteiger partial charge in [0.05, 0.1) is 5.75 Å². The Morgan fingerprint density at radius 3 is 2.29 bits per heavy atom. The Balaban J connectivity index is 2.17. The number of benzene rings is 1. The molecule has 0 radical (unpaired) electrons. The normalized spacial score (nSPS) is 18.7. The number of sulfone groups is 1. The monoisotopic (exact) mass is 317 g/mol. The first-order chi connectivity index (χ1) is 7.91. The molecular formula is C12H16BrNO2S. The van der Waals surface area contributed by atoms with Gasteiger partial charge in [-0.05, 0) is 24.1 Å². The van der Waals surface area contributed by atoms with E-state index in [2.05, 4.69) is 33.4 Å². The average molecular weight is 318 g/mol. The molecule has 0 atom stereocenters. The second kappa shape index (κ2) is 4.71. The zero-order chi connectivity index (χ0) is 12.5. The Morgan fingerprint density at radius 1 is 1.29 bits per heavy atom. The molecule has 1 aromatic carbocycles. The van der Waals surface area contributed by atoms with Gasteiger partial charge in [-0.25, -0.2) is 8.42 Å². The smallest absolute Gasteiger partial charge is 0.147 e. The molecular weight excluding hydrogens is 302 g/mol. The lowest BCUT2D eigenvalue weighted by Crippen LogP contribution is -2.57. The molecule has 3 nitrogen and oxygen atoms in total. The van der Waals surface area contributed by atoms with Crippen molar-refractivity contribution in [3.63, 3.8) is 0 Å². The van der Waals surface area contributed by atoms with Crippen LogP contribution < -0.4 is 5.32 Å². The fourth-order valence-corrected chi connectivity index (χ4v) is 3.16. The van der Waals surface area contributed by atoms with E-state index in [1.54, 1.807) is 0 Å². The van der Waals surface area contributed by atoms with Crippen molar-refractivity contribution in [3.8, 4) is 0 Å². The lowest BCUT2D eigenvalue weighted by molar-refractivity contribution is 0.268. The SMILES string of the molecule is CS(=O)(=O)CCC1(c2ccc(Br)cc2)CNC1. The van der Waals surface area contributed by atoms with Crippen LogP contribution in [0.1, 0.15) is 12.0 Å². The van der Waals surface area contributed by atoms with Crippen molar-refractivity contribution in [2.45, 2.75) is 11.8 Å². The molecule has 0 amide bonds. The van der Waals surface area contributed by atoms with Crippen molar-refractivity contribution < 1.29 is 8.42 Å². The van der Waals surface area contributed by atoms with Gasteiger partial charge in [0, 0.05) is 29.2 Å². The molecule has 1 saturated heterocycles. The maximum absolute atomic E-state index is 11.3. The number of nitrogens with one attached hydrogen (secondary N) is 1. The summed E-state index contributed by atoms with van der Waals surface area (Å²) in [6, 6.07) is 8.17. The van der Waals surface area contributed by atoms with Gasteiger partial charge < -0.3 is 5.32 Å². The zero-order valence-corrected chi connectivity index (χ0v) is 12.1. The van der Waals surface area contributed by atoms with Gasteiger partial charge in [0.2, 0.25) is 0 Å². The maximum atomic E-state index is 11.3. The molecule has 1 N–H and O–H groups in total. The number of hydrogen-bond donors (Lipinski definition) is 1. The average Bonchev–Trinajstić information content (AvgIpc) is 2.17. The van der Waals surface area contributed by atoms with Crippen LogP contribution in [0.3, 0.4) is 0 Å². The summed E-state index contributed by atoms with van der Waals surface area (Å²) < 4.78 is 23.6. The highest BCUT2D eigenvalue weighted by atomic mass is 79.9. The van der Waals surface area contributed by atoms with Crippen molar-refractivity contribution in [2.75, 3.05) is 25.1 Å². The van der Waals surface area contributed by atoms with E-state index >= 15 is 0 Å². The number of halogens is 1. The third-order valence-corrected chi connectivity index (χ3v) is 4.81. The molecule has 0 bridgehead atoms. The number of rotatable bonds is 4. The minimum atomic E-state index is -2.89. The standard InChI is InChI=1S/C12H16BrNO2S/c1-17(15,16)7-6-12(8-14-9-12)10-2-4-11(13)5-3-10/h2-5,14H,6-9H2,1H3. The summed E-state index contributed by atoms with van der Waals surface area (Å²) in [7, 11) is -2.89. The Morgan fingerprint density at radius 2 is 1.88 bits per heavy atom. The van der Waals surface area contributed by atoms with E-state index in [-0.39, 0.29) is 11.2 Å². The fourth-order valence-electron chi connectivity index (χ4n) is 2.14. The molecule has 1 fully saturated rings. The van der Waals surface area contributed by atoms with Crippen LogP contribution in [0.5, 0.6) is 0 Å². The van der Waals surface area contributed by atoms with E-state index < -0.39 is 9.84 Å². The van der Waals surface area contributed by atoms with Crippen LogP contribution in [0.4, 0.5) is 0 Å². The first-order valence-electron chi connectivity index (χ1n) is 5.56. The topological polar surface area (TPSA) is 46.2 Å².